The molecule has 1 aromatic heterocycles. The zero-order valence-corrected chi connectivity index (χ0v) is 17.6. The molecule has 0 bridgehead atoms. The molecule has 0 atom stereocenters. The number of carbonyl (C=O) groups excluding carboxylic acids is 1. The van der Waals surface area contributed by atoms with E-state index in [0.29, 0.717) is 18.5 Å². The van der Waals surface area contributed by atoms with Crippen LogP contribution in [0.25, 0.3) is 10.9 Å². The van der Waals surface area contributed by atoms with Gasteiger partial charge < -0.3 is 24.7 Å². The fourth-order valence-corrected chi connectivity index (χ4v) is 3.73. The van der Waals surface area contributed by atoms with Gasteiger partial charge in [-0.05, 0) is 48.4 Å². The molecular formula is C24H27N3O4. The first-order chi connectivity index (χ1) is 15.1. The normalized spacial score (nSPS) is 13.9. The van der Waals surface area contributed by atoms with Crippen LogP contribution < -0.4 is 20.5 Å². The fraction of sp³-hybridized carbons (Fsp3) is 0.333. The molecular weight excluding hydrogens is 394 g/mol. The number of rotatable bonds is 7. The van der Waals surface area contributed by atoms with Crippen LogP contribution in [0.4, 0.5) is 5.69 Å². The van der Waals surface area contributed by atoms with Crippen LogP contribution in [0.1, 0.15) is 17.5 Å². The predicted molar refractivity (Wildman–Crippen MR) is 121 cm³/mol. The zero-order chi connectivity index (χ0) is 21.6. The van der Waals surface area contributed by atoms with Crippen LogP contribution in [-0.4, -0.2) is 44.3 Å². The summed E-state index contributed by atoms with van der Waals surface area (Å²) in [5.41, 5.74) is 3.39. The number of morpholine rings is 1. The molecule has 0 radical (unpaired) electrons. The van der Waals surface area contributed by atoms with Crippen molar-refractivity contribution in [3.05, 3.63) is 70.0 Å². The number of H-pyrrole nitrogens is 1. The number of amides is 1. The van der Waals surface area contributed by atoms with Crippen molar-refractivity contribution in [2.75, 3.05) is 38.3 Å². The predicted octanol–water partition coefficient (Wildman–Crippen LogP) is 2.62. The molecule has 2 heterocycles. The molecule has 0 saturated carbocycles. The maximum absolute atomic E-state index is 12.3. The Bertz CT molecular complexity index is 1100. The Morgan fingerprint density at radius 2 is 1.90 bits per heavy atom. The van der Waals surface area contributed by atoms with Gasteiger partial charge in [0.2, 0.25) is 5.91 Å². The van der Waals surface area contributed by atoms with Crippen molar-refractivity contribution in [1.29, 1.82) is 0 Å². The highest BCUT2D eigenvalue weighted by Crippen LogP contribution is 2.19. The van der Waals surface area contributed by atoms with Gasteiger partial charge in [0.1, 0.15) is 5.75 Å². The Kier molecular flexibility index (Phi) is 6.52. The van der Waals surface area contributed by atoms with Gasteiger partial charge in [0.05, 0.1) is 20.3 Å². The molecule has 1 amide bonds. The van der Waals surface area contributed by atoms with Crippen LogP contribution >= 0.6 is 0 Å². The van der Waals surface area contributed by atoms with Crippen LogP contribution in [0.3, 0.4) is 0 Å². The van der Waals surface area contributed by atoms with E-state index in [1.54, 1.807) is 13.2 Å². The van der Waals surface area contributed by atoms with Gasteiger partial charge in [0, 0.05) is 48.2 Å². The number of nitrogens with zero attached hydrogens (tertiary/aromatic N) is 1. The number of anilines is 1. The third-order valence-corrected chi connectivity index (χ3v) is 5.55. The van der Waals surface area contributed by atoms with Crippen molar-refractivity contribution in [2.45, 2.75) is 19.4 Å². The third kappa shape index (κ3) is 5.24. The summed E-state index contributed by atoms with van der Waals surface area (Å²) in [6.45, 7) is 3.78. The number of aromatic nitrogens is 1. The van der Waals surface area contributed by atoms with E-state index in [1.165, 1.54) is 5.69 Å². The Morgan fingerprint density at radius 3 is 2.65 bits per heavy atom. The monoisotopic (exact) mass is 421 g/mol. The minimum atomic E-state index is -0.163. The largest absolute Gasteiger partial charge is 0.497 e. The molecule has 1 aliphatic rings. The maximum atomic E-state index is 12.3. The molecule has 0 spiro atoms. The van der Waals surface area contributed by atoms with Gasteiger partial charge in [0.15, 0.2) is 0 Å². The summed E-state index contributed by atoms with van der Waals surface area (Å²) in [6.07, 6.45) is 0.634. The summed E-state index contributed by atoms with van der Waals surface area (Å²) in [5, 5.41) is 3.82. The average Bonchev–Trinajstić information content (AvgIpc) is 2.82. The number of hydrogen-bond acceptors (Lipinski definition) is 5. The van der Waals surface area contributed by atoms with E-state index in [0.717, 1.165) is 48.5 Å². The third-order valence-electron chi connectivity index (χ3n) is 5.55. The molecule has 1 fully saturated rings. The van der Waals surface area contributed by atoms with E-state index in [9.17, 15) is 9.59 Å². The van der Waals surface area contributed by atoms with Crippen molar-refractivity contribution in [2.24, 2.45) is 0 Å². The van der Waals surface area contributed by atoms with Gasteiger partial charge in [-0.3, -0.25) is 9.59 Å². The standard InChI is InChI=1S/C24H27N3O4/c1-30-21-7-8-22-19(15-21)14-18(24(29)26-22)4-9-23(28)25-16-17-2-5-20(6-3-17)27-10-12-31-13-11-27/h2-3,5-8,14-15H,4,9-13,16H2,1H3,(H,25,28)(H,26,29). The van der Waals surface area contributed by atoms with Gasteiger partial charge >= 0.3 is 0 Å². The molecule has 31 heavy (non-hydrogen) atoms. The number of fused-ring (bicyclic) bond motifs is 1. The molecule has 7 nitrogen and oxygen atoms in total. The molecule has 1 saturated heterocycles. The molecule has 162 valence electrons. The summed E-state index contributed by atoms with van der Waals surface area (Å²) >= 11 is 0. The molecule has 2 aromatic carbocycles. The first-order valence-corrected chi connectivity index (χ1v) is 10.5. The summed E-state index contributed by atoms with van der Waals surface area (Å²) < 4.78 is 10.6. The Morgan fingerprint density at radius 1 is 1.13 bits per heavy atom. The minimum Gasteiger partial charge on any atom is -0.497 e. The molecule has 0 unspecified atom stereocenters. The molecule has 4 rings (SSSR count). The second-order valence-corrected chi connectivity index (χ2v) is 7.62. The molecule has 7 heteroatoms. The first-order valence-electron chi connectivity index (χ1n) is 10.5. The van der Waals surface area contributed by atoms with E-state index in [1.807, 2.05) is 30.3 Å². The zero-order valence-electron chi connectivity index (χ0n) is 17.6. The molecule has 1 aliphatic heterocycles. The van der Waals surface area contributed by atoms with Crippen LogP contribution in [0.5, 0.6) is 5.75 Å². The van der Waals surface area contributed by atoms with Gasteiger partial charge in [-0.15, -0.1) is 0 Å². The van der Waals surface area contributed by atoms with Crippen LogP contribution in [0, 0.1) is 0 Å². The topological polar surface area (TPSA) is 83.7 Å². The van der Waals surface area contributed by atoms with Gasteiger partial charge in [-0.2, -0.15) is 0 Å². The lowest BCUT2D eigenvalue weighted by molar-refractivity contribution is -0.121. The Hall–Kier alpha value is -3.32. The van der Waals surface area contributed by atoms with E-state index < -0.39 is 0 Å². The number of carbonyl (C=O) groups is 1. The number of aromatic amines is 1. The highest BCUT2D eigenvalue weighted by atomic mass is 16.5. The second kappa shape index (κ2) is 9.66. The summed E-state index contributed by atoms with van der Waals surface area (Å²) in [4.78, 5) is 29.8. The van der Waals surface area contributed by atoms with Crippen LogP contribution in [0.15, 0.2) is 53.3 Å². The number of ether oxygens (including phenoxy) is 2. The van der Waals surface area contributed by atoms with Gasteiger partial charge in [-0.1, -0.05) is 12.1 Å². The van der Waals surface area contributed by atoms with E-state index in [4.69, 9.17) is 9.47 Å². The highest BCUT2D eigenvalue weighted by molar-refractivity contribution is 5.81. The van der Waals surface area contributed by atoms with Crippen molar-refractivity contribution < 1.29 is 14.3 Å². The molecule has 0 aliphatic carbocycles. The summed E-state index contributed by atoms with van der Waals surface area (Å²) in [5.74, 6) is 0.644. The number of pyridine rings is 1. The average molecular weight is 421 g/mol. The van der Waals surface area contributed by atoms with Gasteiger partial charge in [-0.25, -0.2) is 0 Å². The first kappa shape index (κ1) is 20.9. The lowest BCUT2D eigenvalue weighted by Gasteiger charge is -2.28. The second-order valence-electron chi connectivity index (χ2n) is 7.62. The van der Waals surface area contributed by atoms with Crippen LogP contribution in [0.2, 0.25) is 0 Å². The van der Waals surface area contributed by atoms with E-state index >= 15 is 0 Å². The SMILES string of the molecule is COc1ccc2[nH]c(=O)c(CCC(=O)NCc3ccc(N4CCOCC4)cc3)cc2c1. The number of hydrogen-bond donors (Lipinski definition) is 2. The highest BCUT2D eigenvalue weighted by Gasteiger charge is 2.11. The van der Waals surface area contributed by atoms with Gasteiger partial charge in [0.25, 0.3) is 5.56 Å². The maximum Gasteiger partial charge on any atom is 0.251 e. The van der Waals surface area contributed by atoms with Crippen molar-refractivity contribution in [1.82, 2.24) is 10.3 Å². The van der Waals surface area contributed by atoms with Crippen molar-refractivity contribution in [3.63, 3.8) is 0 Å². The Labute approximate surface area is 181 Å². The minimum absolute atomic E-state index is 0.0811. The summed E-state index contributed by atoms with van der Waals surface area (Å²) in [7, 11) is 1.61. The Balaban J connectivity index is 1.31. The molecule has 2 N–H and O–H groups in total. The smallest absolute Gasteiger partial charge is 0.251 e. The van der Waals surface area contributed by atoms with Crippen molar-refractivity contribution >= 4 is 22.5 Å². The van der Waals surface area contributed by atoms with Crippen molar-refractivity contribution in [3.8, 4) is 5.75 Å². The summed E-state index contributed by atoms with van der Waals surface area (Å²) in [6, 6.07) is 15.5. The van der Waals surface area contributed by atoms with Crippen LogP contribution in [-0.2, 0) is 22.5 Å². The fourth-order valence-electron chi connectivity index (χ4n) is 3.73. The lowest BCUT2D eigenvalue weighted by atomic mass is 10.1. The quantitative estimate of drug-likeness (QED) is 0.613. The number of aryl methyl sites for hydroxylation is 1. The number of nitrogens with one attached hydrogen (secondary N) is 2. The lowest BCUT2D eigenvalue weighted by Crippen LogP contribution is -2.36. The van der Waals surface area contributed by atoms with E-state index in [2.05, 4.69) is 27.3 Å². The van der Waals surface area contributed by atoms with E-state index in [-0.39, 0.29) is 17.9 Å². The number of methoxy groups -OCH3 is 1. The number of benzene rings is 2. The molecule has 3 aromatic rings.